The largest absolute Gasteiger partial charge is 0.388 e. The number of fused-ring (bicyclic) bond motifs is 1. The van der Waals surface area contributed by atoms with Crippen LogP contribution in [0.2, 0.25) is 0 Å². The molecule has 2 aliphatic rings. The fourth-order valence-corrected chi connectivity index (χ4v) is 3.81. The molecule has 0 amide bonds. The first-order chi connectivity index (χ1) is 10.7. The highest BCUT2D eigenvalue weighted by atomic mass is 16.3. The van der Waals surface area contributed by atoms with E-state index in [-0.39, 0.29) is 6.10 Å². The molecule has 0 spiro atoms. The summed E-state index contributed by atoms with van der Waals surface area (Å²) in [6.07, 6.45) is 8.86. The summed E-state index contributed by atoms with van der Waals surface area (Å²) in [5.41, 5.74) is 10.0. The lowest BCUT2D eigenvalue weighted by Crippen LogP contribution is -2.40. The molecule has 3 N–H and O–H groups in total. The van der Waals surface area contributed by atoms with Crippen molar-refractivity contribution in [1.29, 1.82) is 0 Å². The molecule has 1 heterocycles. The number of aliphatic hydroxyl groups excluding tert-OH is 1. The second-order valence-corrected chi connectivity index (χ2v) is 7.07. The molecule has 1 atom stereocenters. The van der Waals surface area contributed by atoms with Crippen molar-refractivity contribution in [3.05, 3.63) is 34.9 Å². The average Bonchev–Trinajstić information content (AvgIpc) is 2.56. The summed E-state index contributed by atoms with van der Waals surface area (Å²) >= 11 is 0. The maximum atomic E-state index is 10.5. The minimum atomic E-state index is -0.306. The smallest absolute Gasteiger partial charge is 0.0790 e. The van der Waals surface area contributed by atoms with E-state index in [1.165, 1.54) is 36.8 Å². The molecule has 0 radical (unpaired) electrons. The summed E-state index contributed by atoms with van der Waals surface area (Å²) in [5, 5.41) is 10.5. The molecule has 1 fully saturated rings. The van der Waals surface area contributed by atoms with Gasteiger partial charge in [0.2, 0.25) is 0 Å². The van der Waals surface area contributed by atoms with Crippen LogP contribution in [0.5, 0.6) is 0 Å². The zero-order chi connectivity index (χ0) is 15.4. The van der Waals surface area contributed by atoms with E-state index < -0.39 is 0 Å². The molecule has 0 aromatic heterocycles. The van der Waals surface area contributed by atoms with Crippen LogP contribution in [-0.2, 0) is 12.8 Å². The van der Waals surface area contributed by atoms with Gasteiger partial charge in [0, 0.05) is 6.04 Å². The highest BCUT2D eigenvalue weighted by molar-refractivity contribution is 5.34. The van der Waals surface area contributed by atoms with Crippen LogP contribution in [0.4, 0.5) is 0 Å². The molecular weight excluding hydrogens is 272 g/mol. The van der Waals surface area contributed by atoms with Crippen LogP contribution < -0.4 is 5.73 Å². The Morgan fingerprint density at radius 1 is 1.14 bits per heavy atom. The van der Waals surface area contributed by atoms with Crippen LogP contribution in [-0.4, -0.2) is 35.7 Å². The van der Waals surface area contributed by atoms with Crippen molar-refractivity contribution < 1.29 is 5.11 Å². The second kappa shape index (κ2) is 7.58. The van der Waals surface area contributed by atoms with Crippen molar-refractivity contribution in [2.45, 2.75) is 63.5 Å². The van der Waals surface area contributed by atoms with Gasteiger partial charge in [-0.05, 0) is 87.7 Å². The van der Waals surface area contributed by atoms with Crippen LogP contribution >= 0.6 is 0 Å². The van der Waals surface area contributed by atoms with Gasteiger partial charge in [-0.25, -0.2) is 0 Å². The Hall–Kier alpha value is -0.900. The van der Waals surface area contributed by atoms with E-state index in [1.54, 1.807) is 0 Å². The third kappa shape index (κ3) is 4.09. The Bertz CT molecular complexity index is 480. The second-order valence-electron chi connectivity index (χ2n) is 7.07. The summed E-state index contributed by atoms with van der Waals surface area (Å²) in [7, 11) is 0. The monoisotopic (exact) mass is 302 g/mol. The predicted molar refractivity (Wildman–Crippen MR) is 90.9 cm³/mol. The lowest BCUT2D eigenvalue weighted by Gasteiger charge is -2.30. The Morgan fingerprint density at radius 2 is 1.86 bits per heavy atom. The summed E-state index contributed by atoms with van der Waals surface area (Å²) in [4.78, 5) is 2.49. The SMILES string of the molecule is NC1CCN(CCCC(O)c2ccc3c(c2)CCCC3)CC1. The number of nitrogens with zero attached hydrogens (tertiary/aromatic N) is 1. The molecule has 0 saturated carbocycles. The van der Waals surface area contributed by atoms with E-state index in [9.17, 15) is 5.11 Å². The Labute approximate surface area is 134 Å². The number of likely N-dealkylation sites (tertiary alicyclic amines) is 1. The molecule has 1 aliphatic heterocycles. The van der Waals surface area contributed by atoms with E-state index in [0.717, 1.165) is 50.9 Å². The molecule has 1 unspecified atom stereocenters. The number of hydrogen-bond donors (Lipinski definition) is 2. The zero-order valence-electron chi connectivity index (χ0n) is 13.6. The number of rotatable bonds is 5. The summed E-state index contributed by atoms with van der Waals surface area (Å²) in [6, 6.07) is 7.02. The van der Waals surface area contributed by atoms with Crippen molar-refractivity contribution in [3.8, 4) is 0 Å². The molecule has 1 aromatic rings. The number of aliphatic hydroxyl groups is 1. The number of aryl methyl sites for hydroxylation is 2. The molecule has 3 rings (SSSR count). The summed E-state index contributed by atoms with van der Waals surface area (Å²) < 4.78 is 0. The van der Waals surface area contributed by atoms with Crippen molar-refractivity contribution >= 4 is 0 Å². The first-order valence-corrected chi connectivity index (χ1v) is 9.00. The van der Waals surface area contributed by atoms with Crippen molar-refractivity contribution in [1.82, 2.24) is 4.90 Å². The molecule has 1 aliphatic carbocycles. The Kier molecular flexibility index (Phi) is 5.51. The van der Waals surface area contributed by atoms with Gasteiger partial charge in [-0.15, -0.1) is 0 Å². The maximum absolute atomic E-state index is 10.5. The van der Waals surface area contributed by atoms with Gasteiger partial charge in [-0.3, -0.25) is 0 Å². The number of nitrogens with two attached hydrogens (primary N) is 1. The maximum Gasteiger partial charge on any atom is 0.0790 e. The van der Waals surface area contributed by atoms with E-state index in [0.29, 0.717) is 6.04 Å². The molecular formula is C19H30N2O. The van der Waals surface area contributed by atoms with Gasteiger partial charge in [0.1, 0.15) is 0 Å². The number of benzene rings is 1. The first-order valence-electron chi connectivity index (χ1n) is 9.00. The molecule has 3 nitrogen and oxygen atoms in total. The van der Waals surface area contributed by atoms with Gasteiger partial charge in [-0.1, -0.05) is 18.2 Å². The van der Waals surface area contributed by atoms with Crippen LogP contribution in [0.15, 0.2) is 18.2 Å². The van der Waals surface area contributed by atoms with Crippen LogP contribution in [0, 0.1) is 0 Å². The van der Waals surface area contributed by atoms with Gasteiger partial charge in [0.15, 0.2) is 0 Å². The minimum Gasteiger partial charge on any atom is -0.388 e. The van der Waals surface area contributed by atoms with E-state index in [1.807, 2.05) is 0 Å². The highest BCUT2D eigenvalue weighted by Crippen LogP contribution is 2.26. The minimum absolute atomic E-state index is 0.306. The lowest BCUT2D eigenvalue weighted by molar-refractivity contribution is 0.148. The van der Waals surface area contributed by atoms with Gasteiger partial charge in [0.25, 0.3) is 0 Å². The van der Waals surface area contributed by atoms with Crippen LogP contribution in [0.1, 0.15) is 61.3 Å². The van der Waals surface area contributed by atoms with Crippen LogP contribution in [0.3, 0.4) is 0 Å². The van der Waals surface area contributed by atoms with E-state index >= 15 is 0 Å². The molecule has 1 saturated heterocycles. The third-order valence-corrected chi connectivity index (χ3v) is 5.34. The standard InChI is InChI=1S/C19H30N2O/c20-18-9-12-21(13-10-18)11-3-6-19(22)17-8-7-15-4-1-2-5-16(15)14-17/h7-8,14,18-19,22H,1-6,9-13,20H2. The van der Waals surface area contributed by atoms with Crippen molar-refractivity contribution in [2.75, 3.05) is 19.6 Å². The van der Waals surface area contributed by atoms with E-state index in [2.05, 4.69) is 23.1 Å². The van der Waals surface area contributed by atoms with Gasteiger partial charge in [-0.2, -0.15) is 0 Å². The van der Waals surface area contributed by atoms with Gasteiger partial charge >= 0.3 is 0 Å². The van der Waals surface area contributed by atoms with Crippen molar-refractivity contribution in [2.24, 2.45) is 5.73 Å². The Balaban J connectivity index is 1.46. The first kappa shape index (κ1) is 16.0. The zero-order valence-corrected chi connectivity index (χ0v) is 13.6. The van der Waals surface area contributed by atoms with Gasteiger partial charge < -0.3 is 15.7 Å². The molecule has 1 aromatic carbocycles. The van der Waals surface area contributed by atoms with Crippen molar-refractivity contribution in [3.63, 3.8) is 0 Å². The molecule has 0 bridgehead atoms. The normalized spacial score (nSPS) is 21.5. The molecule has 3 heteroatoms. The summed E-state index contributed by atoms with van der Waals surface area (Å²) in [5.74, 6) is 0. The third-order valence-electron chi connectivity index (χ3n) is 5.34. The topological polar surface area (TPSA) is 49.5 Å². The summed E-state index contributed by atoms with van der Waals surface area (Å²) in [6.45, 7) is 3.33. The fourth-order valence-electron chi connectivity index (χ4n) is 3.81. The fraction of sp³-hybridized carbons (Fsp3) is 0.684. The molecule has 22 heavy (non-hydrogen) atoms. The predicted octanol–water partition coefficient (Wildman–Crippen LogP) is 2.80. The molecule has 122 valence electrons. The highest BCUT2D eigenvalue weighted by Gasteiger charge is 2.17. The lowest BCUT2D eigenvalue weighted by atomic mass is 9.89. The van der Waals surface area contributed by atoms with Crippen LogP contribution in [0.25, 0.3) is 0 Å². The quantitative estimate of drug-likeness (QED) is 0.879. The number of hydrogen-bond acceptors (Lipinski definition) is 3. The Morgan fingerprint density at radius 3 is 2.64 bits per heavy atom. The average molecular weight is 302 g/mol. The van der Waals surface area contributed by atoms with E-state index in [4.69, 9.17) is 5.73 Å². The van der Waals surface area contributed by atoms with Gasteiger partial charge in [0.05, 0.1) is 6.10 Å². The number of piperidine rings is 1.